The number of carbonyl (C=O) groups is 1. The summed E-state index contributed by atoms with van der Waals surface area (Å²) in [5.41, 5.74) is 3.80. The summed E-state index contributed by atoms with van der Waals surface area (Å²) in [6, 6.07) is 18.8. The Morgan fingerprint density at radius 1 is 0.889 bits per heavy atom. The number of carbonyl (C=O) groups excluding carboxylic acids is 1. The van der Waals surface area contributed by atoms with Gasteiger partial charge in [0.2, 0.25) is 5.91 Å². The van der Waals surface area contributed by atoms with E-state index in [9.17, 15) is 4.79 Å². The fraction of sp³-hybridized carbons (Fsp3) is 0.458. The molecule has 0 unspecified atom stereocenters. The Hall–Kier alpha value is -2.13. The average Bonchev–Trinajstić information content (AvgIpc) is 3.55. The minimum Gasteiger partial charge on any atom is -0.340 e. The Kier molecular flexibility index (Phi) is 5.05. The Labute approximate surface area is 163 Å². The fourth-order valence-corrected chi connectivity index (χ4v) is 4.31. The molecular weight excluding hydrogens is 332 g/mol. The monoisotopic (exact) mass is 362 g/mol. The van der Waals surface area contributed by atoms with Crippen molar-refractivity contribution in [1.82, 2.24) is 9.80 Å². The summed E-state index contributed by atoms with van der Waals surface area (Å²) in [7, 11) is 0. The van der Waals surface area contributed by atoms with Crippen LogP contribution in [0.3, 0.4) is 0 Å². The average molecular weight is 363 g/mol. The van der Waals surface area contributed by atoms with E-state index in [0.29, 0.717) is 12.0 Å². The molecule has 3 heteroatoms. The van der Waals surface area contributed by atoms with E-state index in [4.69, 9.17) is 0 Å². The summed E-state index contributed by atoms with van der Waals surface area (Å²) in [5, 5.41) is 0. The van der Waals surface area contributed by atoms with Gasteiger partial charge in [-0.3, -0.25) is 9.69 Å². The zero-order valence-corrected chi connectivity index (χ0v) is 16.5. The van der Waals surface area contributed by atoms with Gasteiger partial charge >= 0.3 is 0 Å². The number of hydrogen-bond donors (Lipinski definition) is 0. The molecule has 142 valence electrons. The summed E-state index contributed by atoms with van der Waals surface area (Å²) in [6.07, 6.45) is 3.23. The van der Waals surface area contributed by atoms with Gasteiger partial charge < -0.3 is 4.90 Å². The van der Waals surface area contributed by atoms with Crippen molar-refractivity contribution in [2.24, 2.45) is 5.92 Å². The van der Waals surface area contributed by atoms with Crippen LogP contribution in [0.1, 0.15) is 32.3 Å². The number of amides is 1. The molecule has 1 amide bonds. The molecule has 1 saturated carbocycles. The highest BCUT2D eigenvalue weighted by atomic mass is 16.2. The molecule has 1 heterocycles. The summed E-state index contributed by atoms with van der Waals surface area (Å²) >= 11 is 0. The van der Waals surface area contributed by atoms with Crippen LogP contribution in [-0.4, -0.2) is 47.4 Å². The molecule has 1 aliphatic carbocycles. The number of rotatable bonds is 5. The zero-order valence-electron chi connectivity index (χ0n) is 16.5. The molecular formula is C24H30N2O. The Bertz CT molecular complexity index is 770. The lowest BCUT2D eigenvalue weighted by Crippen LogP contribution is -2.56. The van der Waals surface area contributed by atoms with Crippen molar-refractivity contribution in [3.05, 3.63) is 60.2 Å². The SMILES string of the molecule is CC(C)(C1CC1)N1CCN(C(=O)Cc2ccc(-c3ccccc3)cc2)CC1. The van der Waals surface area contributed by atoms with E-state index in [1.165, 1.54) is 24.0 Å². The highest BCUT2D eigenvalue weighted by Crippen LogP contribution is 2.43. The Morgan fingerprint density at radius 3 is 2.07 bits per heavy atom. The van der Waals surface area contributed by atoms with Gasteiger partial charge in [0.1, 0.15) is 0 Å². The molecule has 2 aliphatic rings. The van der Waals surface area contributed by atoms with Crippen LogP contribution in [0.4, 0.5) is 0 Å². The van der Waals surface area contributed by atoms with E-state index in [2.05, 4.69) is 67.3 Å². The van der Waals surface area contributed by atoms with Crippen molar-refractivity contribution in [1.29, 1.82) is 0 Å². The lowest BCUT2D eigenvalue weighted by molar-refractivity contribution is -0.133. The first-order valence-corrected chi connectivity index (χ1v) is 10.2. The summed E-state index contributed by atoms with van der Waals surface area (Å²) in [6.45, 7) is 8.46. The van der Waals surface area contributed by atoms with Crippen LogP contribution in [0.15, 0.2) is 54.6 Å². The van der Waals surface area contributed by atoms with E-state index >= 15 is 0 Å². The quantitative estimate of drug-likeness (QED) is 0.795. The van der Waals surface area contributed by atoms with Gasteiger partial charge in [0.15, 0.2) is 0 Å². The molecule has 1 saturated heterocycles. The summed E-state index contributed by atoms with van der Waals surface area (Å²) in [5.74, 6) is 1.11. The van der Waals surface area contributed by atoms with Crippen molar-refractivity contribution < 1.29 is 4.79 Å². The normalized spacial score (nSPS) is 18.5. The molecule has 0 bridgehead atoms. The molecule has 0 atom stereocenters. The van der Waals surface area contributed by atoms with Crippen LogP contribution in [-0.2, 0) is 11.2 Å². The molecule has 2 aromatic carbocycles. The van der Waals surface area contributed by atoms with Gasteiger partial charge in [0.25, 0.3) is 0 Å². The second kappa shape index (κ2) is 7.47. The molecule has 0 N–H and O–H groups in total. The molecule has 0 spiro atoms. The van der Waals surface area contributed by atoms with Crippen LogP contribution in [0.2, 0.25) is 0 Å². The highest BCUT2D eigenvalue weighted by Gasteiger charge is 2.42. The maximum atomic E-state index is 12.7. The van der Waals surface area contributed by atoms with E-state index < -0.39 is 0 Å². The first-order valence-electron chi connectivity index (χ1n) is 10.2. The van der Waals surface area contributed by atoms with E-state index in [1.54, 1.807) is 0 Å². The summed E-state index contributed by atoms with van der Waals surface area (Å²) in [4.78, 5) is 17.4. The topological polar surface area (TPSA) is 23.6 Å². The molecule has 2 aromatic rings. The maximum Gasteiger partial charge on any atom is 0.227 e. The predicted molar refractivity (Wildman–Crippen MR) is 111 cm³/mol. The second-order valence-corrected chi connectivity index (χ2v) is 8.54. The van der Waals surface area contributed by atoms with Crippen LogP contribution in [0, 0.1) is 5.92 Å². The lowest BCUT2D eigenvalue weighted by Gasteiger charge is -2.44. The third-order valence-electron chi connectivity index (χ3n) is 6.44. The highest BCUT2D eigenvalue weighted by molar-refractivity contribution is 5.79. The van der Waals surface area contributed by atoms with Crippen molar-refractivity contribution in [3.63, 3.8) is 0 Å². The first kappa shape index (κ1) is 18.2. The fourth-order valence-electron chi connectivity index (χ4n) is 4.31. The van der Waals surface area contributed by atoms with Gasteiger partial charge in [0, 0.05) is 31.7 Å². The lowest BCUT2D eigenvalue weighted by atomic mass is 9.95. The Balaban J connectivity index is 1.32. The third-order valence-corrected chi connectivity index (χ3v) is 6.44. The molecule has 3 nitrogen and oxygen atoms in total. The van der Waals surface area contributed by atoms with E-state index in [1.807, 2.05) is 11.0 Å². The molecule has 0 aromatic heterocycles. The first-order chi connectivity index (χ1) is 13.0. The molecule has 1 aliphatic heterocycles. The van der Waals surface area contributed by atoms with Crippen molar-refractivity contribution in [2.45, 2.75) is 38.6 Å². The molecule has 2 fully saturated rings. The van der Waals surface area contributed by atoms with Gasteiger partial charge in [-0.25, -0.2) is 0 Å². The largest absolute Gasteiger partial charge is 0.340 e. The third kappa shape index (κ3) is 4.08. The minimum atomic E-state index is 0.256. The van der Waals surface area contributed by atoms with Crippen LogP contribution in [0.5, 0.6) is 0 Å². The standard InChI is InChI=1S/C24H30N2O/c1-24(2,22-12-13-22)26-16-14-25(15-17-26)23(27)18-19-8-10-21(11-9-19)20-6-4-3-5-7-20/h3-11,22H,12-18H2,1-2H3. The number of piperazine rings is 1. The minimum absolute atomic E-state index is 0.256. The molecule has 0 radical (unpaired) electrons. The number of nitrogens with zero attached hydrogens (tertiary/aromatic N) is 2. The zero-order chi connectivity index (χ0) is 18.9. The predicted octanol–water partition coefficient (Wildman–Crippen LogP) is 4.23. The van der Waals surface area contributed by atoms with Crippen molar-refractivity contribution in [3.8, 4) is 11.1 Å². The van der Waals surface area contributed by atoms with Crippen LogP contribution >= 0.6 is 0 Å². The van der Waals surface area contributed by atoms with Gasteiger partial charge in [-0.2, -0.15) is 0 Å². The van der Waals surface area contributed by atoms with Crippen molar-refractivity contribution >= 4 is 5.91 Å². The van der Waals surface area contributed by atoms with Gasteiger partial charge in [-0.05, 0) is 49.3 Å². The number of hydrogen-bond acceptors (Lipinski definition) is 2. The summed E-state index contributed by atoms with van der Waals surface area (Å²) < 4.78 is 0. The number of benzene rings is 2. The second-order valence-electron chi connectivity index (χ2n) is 8.54. The molecule has 27 heavy (non-hydrogen) atoms. The van der Waals surface area contributed by atoms with E-state index in [0.717, 1.165) is 37.7 Å². The van der Waals surface area contributed by atoms with Gasteiger partial charge in [-0.15, -0.1) is 0 Å². The van der Waals surface area contributed by atoms with Gasteiger partial charge in [0.05, 0.1) is 6.42 Å². The van der Waals surface area contributed by atoms with Gasteiger partial charge in [-0.1, -0.05) is 54.6 Å². The van der Waals surface area contributed by atoms with E-state index in [-0.39, 0.29) is 5.91 Å². The maximum absolute atomic E-state index is 12.7. The molecule has 4 rings (SSSR count). The smallest absolute Gasteiger partial charge is 0.227 e. The Morgan fingerprint density at radius 2 is 1.48 bits per heavy atom. The van der Waals surface area contributed by atoms with Crippen LogP contribution in [0.25, 0.3) is 11.1 Å². The van der Waals surface area contributed by atoms with Crippen LogP contribution < -0.4 is 0 Å². The van der Waals surface area contributed by atoms with Crippen molar-refractivity contribution in [2.75, 3.05) is 26.2 Å².